The molecule has 0 unspecified atom stereocenters. The predicted octanol–water partition coefficient (Wildman–Crippen LogP) is 1.57. The molecule has 0 aromatic heterocycles. The first-order valence-electron chi connectivity index (χ1n) is 8.28. The lowest BCUT2D eigenvalue weighted by Gasteiger charge is -2.35. The highest BCUT2D eigenvalue weighted by molar-refractivity contribution is 7.98. The molecule has 1 saturated heterocycles. The molecular weight excluding hydrogens is 340 g/mol. The molecule has 1 heterocycles. The molecule has 0 N–H and O–H groups in total. The van der Waals surface area contributed by atoms with Crippen LogP contribution in [0.5, 0.6) is 0 Å². The summed E-state index contributed by atoms with van der Waals surface area (Å²) in [6.45, 7) is 2.09. The molecule has 0 saturated carbocycles. The highest BCUT2D eigenvalue weighted by Gasteiger charge is 2.24. The smallest absolute Gasteiger partial charge is 0.306 e. The number of hydrogen-bond donors (Lipinski definition) is 0. The normalized spacial score (nSPS) is 14.3. The molecule has 1 fully saturated rings. The van der Waals surface area contributed by atoms with Gasteiger partial charge in [-0.25, -0.2) is 0 Å². The Morgan fingerprint density at radius 2 is 1.52 bits per heavy atom. The number of rotatable bonds is 6. The van der Waals surface area contributed by atoms with E-state index in [1.807, 2.05) is 30.5 Å². The van der Waals surface area contributed by atoms with Crippen LogP contribution in [-0.4, -0.2) is 67.1 Å². The van der Waals surface area contributed by atoms with Crippen molar-refractivity contribution in [2.75, 3.05) is 39.5 Å². The van der Waals surface area contributed by atoms with Crippen molar-refractivity contribution >= 4 is 29.5 Å². The van der Waals surface area contributed by atoms with E-state index in [0.29, 0.717) is 32.6 Å². The molecule has 7 heteroatoms. The maximum atomic E-state index is 12.4. The fourth-order valence-electron chi connectivity index (χ4n) is 2.70. The van der Waals surface area contributed by atoms with Crippen LogP contribution in [0, 0.1) is 0 Å². The molecule has 6 nitrogen and oxygen atoms in total. The van der Waals surface area contributed by atoms with E-state index in [2.05, 4.69) is 4.74 Å². The third-order valence-corrected chi connectivity index (χ3v) is 5.01. The van der Waals surface area contributed by atoms with E-state index in [1.165, 1.54) is 12.0 Å². The Bertz CT molecular complexity index is 610. The van der Waals surface area contributed by atoms with E-state index in [4.69, 9.17) is 0 Å². The number of methoxy groups -OCH3 is 1. The monoisotopic (exact) mass is 364 g/mol. The highest BCUT2D eigenvalue weighted by atomic mass is 32.2. The average molecular weight is 364 g/mol. The minimum atomic E-state index is -0.380. The number of esters is 1. The second kappa shape index (κ2) is 9.46. The van der Waals surface area contributed by atoms with Gasteiger partial charge in [-0.3, -0.25) is 14.4 Å². The first kappa shape index (κ1) is 19.3. The van der Waals surface area contributed by atoms with Crippen LogP contribution >= 0.6 is 11.8 Å². The van der Waals surface area contributed by atoms with Crippen LogP contribution in [-0.2, 0) is 25.5 Å². The maximum Gasteiger partial charge on any atom is 0.306 e. The number of benzene rings is 1. The zero-order valence-corrected chi connectivity index (χ0v) is 15.5. The van der Waals surface area contributed by atoms with E-state index in [0.717, 1.165) is 5.56 Å². The molecule has 136 valence electrons. The summed E-state index contributed by atoms with van der Waals surface area (Å²) in [5.74, 6) is -0.363. The number of thioether (sulfide) groups is 1. The van der Waals surface area contributed by atoms with Crippen LogP contribution in [0.4, 0.5) is 0 Å². The minimum Gasteiger partial charge on any atom is -0.469 e. The molecule has 1 aromatic rings. The topological polar surface area (TPSA) is 66.9 Å². The van der Waals surface area contributed by atoms with E-state index in [-0.39, 0.29) is 30.6 Å². The summed E-state index contributed by atoms with van der Waals surface area (Å²) in [6.07, 6.45) is 2.65. The van der Waals surface area contributed by atoms with E-state index >= 15 is 0 Å². The number of hydrogen-bond acceptors (Lipinski definition) is 5. The molecule has 1 aliphatic rings. The zero-order valence-electron chi connectivity index (χ0n) is 14.7. The van der Waals surface area contributed by atoms with Gasteiger partial charge in [0, 0.05) is 37.5 Å². The number of piperazine rings is 1. The molecule has 0 aliphatic carbocycles. The second-order valence-corrected chi connectivity index (χ2v) is 6.74. The number of amides is 2. The SMILES string of the molecule is COC(=O)CCC(=O)N1CCN(C(=O)Cc2ccc(SC)cc2)CC1. The van der Waals surface area contributed by atoms with Crippen molar-refractivity contribution in [2.24, 2.45) is 0 Å². The van der Waals surface area contributed by atoms with Crippen molar-refractivity contribution in [2.45, 2.75) is 24.2 Å². The molecule has 2 rings (SSSR count). The Morgan fingerprint density at radius 3 is 2.04 bits per heavy atom. The molecule has 1 aliphatic heterocycles. The summed E-state index contributed by atoms with van der Waals surface area (Å²) in [5, 5.41) is 0. The van der Waals surface area contributed by atoms with Crippen molar-refractivity contribution in [1.82, 2.24) is 9.80 Å². The number of carbonyl (C=O) groups excluding carboxylic acids is 3. The molecule has 0 radical (unpaired) electrons. The van der Waals surface area contributed by atoms with Gasteiger partial charge < -0.3 is 14.5 Å². The summed E-state index contributed by atoms with van der Waals surface area (Å²) >= 11 is 1.67. The molecule has 0 atom stereocenters. The van der Waals surface area contributed by atoms with E-state index in [9.17, 15) is 14.4 Å². The van der Waals surface area contributed by atoms with Crippen LogP contribution < -0.4 is 0 Å². The Labute approximate surface area is 152 Å². The molecule has 0 bridgehead atoms. The van der Waals surface area contributed by atoms with Crippen LogP contribution in [0.2, 0.25) is 0 Å². The first-order valence-corrected chi connectivity index (χ1v) is 9.51. The Balaban J connectivity index is 1.77. The summed E-state index contributed by atoms with van der Waals surface area (Å²) in [6, 6.07) is 8.00. The Kier molecular flexibility index (Phi) is 7.31. The Morgan fingerprint density at radius 1 is 0.960 bits per heavy atom. The van der Waals surface area contributed by atoms with Crippen LogP contribution in [0.25, 0.3) is 0 Å². The first-order chi connectivity index (χ1) is 12.0. The zero-order chi connectivity index (χ0) is 18.2. The second-order valence-electron chi connectivity index (χ2n) is 5.86. The van der Waals surface area contributed by atoms with Crippen LogP contribution in [0.15, 0.2) is 29.2 Å². The van der Waals surface area contributed by atoms with Gasteiger partial charge >= 0.3 is 5.97 Å². The predicted molar refractivity (Wildman–Crippen MR) is 96.3 cm³/mol. The molecule has 2 amide bonds. The largest absolute Gasteiger partial charge is 0.469 e. The van der Waals surface area contributed by atoms with Gasteiger partial charge in [0.15, 0.2) is 0 Å². The van der Waals surface area contributed by atoms with Crippen LogP contribution in [0.3, 0.4) is 0 Å². The summed E-state index contributed by atoms with van der Waals surface area (Å²) in [4.78, 5) is 40.3. The van der Waals surface area contributed by atoms with Crippen molar-refractivity contribution in [3.63, 3.8) is 0 Å². The number of carbonyl (C=O) groups is 3. The third-order valence-electron chi connectivity index (χ3n) is 4.27. The van der Waals surface area contributed by atoms with Gasteiger partial charge in [-0.15, -0.1) is 11.8 Å². The number of ether oxygens (including phenoxy) is 1. The molecule has 0 spiro atoms. The van der Waals surface area contributed by atoms with Crippen molar-refractivity contribution in [3.05, 3.63) is 29.8 Å². The highest BCUT2D eigenvalue weighted by Crippen LogP contribution is 2.16. The summed E-state index contributed by atoms with van der Waals surface area (Å²) in [7, 11) is 1.31. The number of nitrogens with zero attached hydrogens (tertiary/aromatic N) is 2. The minimum absolute atomic E-state index is 0.0647. The standard InChI is InChI=1S/C18H24N2O4S/c1-24-18(23)8-7-16(21)19-9-11-20(12-10-19)17(22)13-14-3-5-15(25-2)6-4-14/h3-6H,7-13H2,1-2H3. The molecule has 1 aromatic carbocycles. The Hall–Kier alpha value is -2.02. The maximum absolute atomic E-state index is 12.4. The van der Waals surface area contributed by atoms with Gasteiger partial charge in [0.2, 0.25) is 11.8 Å². The van der Waals surface area contributed by atoms with E-state index < -0.39 is 0 Å². The lowest BCUT2D eigenvalue weighted by atomic mass is 10.1. The van der Waals surface area contributed by atoms with Crippen molar-refractivity contribution in [1.29, 1.82) is 0 Å². The fourth-order valence-corrected chi connectivity index (χ4v) is 3.11. The quantitative estimate of drug-likeness (QED) is 0.566. The fraction of sp³-hybridized carbons (Fsp3) is 0.500. The van der Waals surface area contributed by atoms with Gasteiger partial charge in [0.1, 0.15) is 0 Å². The molecular formula is C18H24N2O4S. The summed E-state index contributed by atoms with van der Waals surface area (Å²) in [5.41, 5.74) is 0.999. The lowest BCUT2D eigenvalue weighted by molar-refractivity contribution is -0.144. The van der Waals surface area contributed by atoms with Gasteiger partial charge in [-0.1, -0.05) is 12.1 Å². The third kappa shape index (κ3) is 5.77. The van der Waals surface area contributed by atoms with Gasteiger partial charge in [-0.05, 0) is 24.0 Å². The lowest BCUT2D eigenvalue weighted by Crippen LogP contribution is -2.51. The van der Waals surface area contributed by atoms with E-state index in [1.54, 1.807) is 21.6 Å². The van der Waals surface area contributed by atoms with Gasteiger partial charge in [0.05, 0.1) is 20.0 Å². The van der Waals surface area contributed by atoms with Gasteiger partial charge in [0.25, 0.3) is 0 Å². The van der Waals surface area contributed by atoms with Crippen molar-refractivity contribution < 1.29 is 19.1 Å². The van der Waals surface area contributed by atoms with Gasteiger partial charge in [-0.2, -0.15) is 0 Å². The summed E-state index contributed by atoms with van der Waals surface area (Å²) < 4.78 is 4.54. The average Bonchev–Trinajstić information content (AvgIpc) is 2.66. The van der Waals surface area contributed by atoms with Crippen LogP contribution in [0.1, 0.15) is 18.4 Å². The van der Waals surface area contributed by atoms with Crippen molar-refractivity contribution in [3.8, 4) is 0 Å². The molecule has 25 heavy (non-hydrogen) atoms.